The molecule has 2 heterocycles. The summed E-state index contributed by atoms with van der Waals surface area (Å²) in [5, 5.41) is 0.896. The van der Waals surface area contributed by atoms with E-state index in [4.69, 9.17) is 20.6 Å². The van der Waals surface area contributed by atoms with E-state index < -0.39 is 5.91 Å². The fourth-order valence-corrected chi connectivity index (χ4v) is 2.14. The van der Waals surface area contributed by atoms with Crippen LogP contribution in [0, 0.1) is 0 Å². The van der Waals surface area contributed by atoms with E-state index in [0.717, 1.165) is 5.39 Å². The van der Waals surface area contributed by atoms with E-state index in [9.17, 15) is 4.79 Å². The predicted molar refractivity (Wildman–Crippen MR) is 75.5 cm³/mol. The first-order valence-electron chi connectivity index (χ1n) is 5.95. The lowest BCUT2D eigenvalue weighted by molar-refractivity contribution is 0.100. The molecule has 3 aromatic rings. The molecule has 6 nitrogen and oxygen atoms in total. The highest BCUT2D eigenvalue weighted by Crippen LogP contribution is 2.33. The van der Waals surface area contributed by atoms with Crippen molar-refractivity contribution >= 4 is 22.7 Å². The van der Waals surface area contributed by atoms with Crippen LogP contribution in [0.4, 0.5) is 5.82 Å². The molecule has 0 fully saturated rings. The summed E-state index contributed by atoms with van der Waals surface area (Å²) in [5.41, 5.74) is 12.4. The number of H-pyrrole nitrogens is 1. The minimum atomic E-state index is -0.585. The van der Waals surface area contributed by atoms with Crippen LogP contribution in [0.3, 0.4) is 0 Å². The number of fused-ring (bicyclic) bond motifs is 1. The monoisotopic (exact) mass is 271 g/mol. The number of hydrogen-bond acceptors (Lipinski definition) is 4. The third kappa shape index (κ3) is 1.78. The van der Waals surface area contributed by atoms with Gasteiger partial charge in [-0.15, -0.1) is 0 Å². The molecule has 20 heavy (non-hydrogen) atoms. The smallest absolute Gasteiger partial charge is 0.252 e. The summed E-state index contributed by atoms with van der Waals surface area (Å²) in [6, 6.07) is 9.01. The molecule has 0 aliphatic carbocycles. The lowest BCUT2D eigenvalue weighted by Crippen LogP contribution is -2.11. The summed E-state index contributed by atoms with van der Waals surface area (Å²) < 4.78 is 11.0. The van der Waals surface area contributed by atoms with Crippen molar-refractivity contribution in [2.45, 2.75) is 0 Å². The maximum absolute atomic E-state index is 11.2. The molecule has 1 aromatic carbocycles. The number of aromatic nitrogens is 1. The molecular weight excluding hydrogens is 258 g/mol. The zero-order valence-electron chi connectivity index (χ0n) is 10.8. The van der Waals surface area contributed by atoms with Gasteiger partial charge in [0.2, 0.25) is 0 Å². The minimum Gasteiger partial charge on any atom is -0.493 e. The molecule has 0 aliphatic rings. The second-order valence-electron chi connectivity index (χ2n) is 4.36. The first-order chi connectivity index (χ1) is 9.60. The molecular formula is C14H13N3O3. The number of benzene rings is 1. The Labute approximate surface area is 114 Å². The van der Waals surface area contributed by atoms with Crippen molar-refractivity contribution in [3.8, 4) is 17.2 Å². The van der Waals surface area contributed by atoms with Crippen LogP contribution in [-0.4, -0.2) is 18.0 Å². The van der Waals surface area contributed by atoms with Gasteiger partial charge in [-0.3, -0.25) is 4.79 Å². The average molecular weight is 271 g/mol. The van der Waals surface area contributed by atoms with Gasteiger partial charge in [0.25, 0.3) is 5.91 Å². The van der Waals surface area contributed by atoms with Gasteiger partial charge in [-0.1, -0.05) is 12.1 Å². The van der Waals surface area contributed by atoms with E-state index in [1.165, 1.54) is 0 Å². The zero-order chi connectivity index (χ0) is 14.3. The van der Waals surface area contributed by atoms with E-state index in [1.54, 1.807) is 13.2 Å². The summed E-state index contributed by atoms with van der Waals surface area (Å²) in [6.45, 7) is 0. The number of ether oxygens (including phenoxy) is 1. The summed E-state index contributed by atoms with van der Waals surface area (Å²) in [6.07, 6.45) is 0. The summed E-state index contributed by atoms with van der Waals surface area (Å²) in [4.78, 5) is 14.1. The van der Waals surface area contributed by atoms with Crippen LogP contribution in [0.1, 0.15) is 10.4 Å². The number of para-hydroxylation sites is 1. The van der Waals surface area contributed by atoms with Gasteiger partial charge < -0.3 is 25.6 Å². The Morgan fingerprint density at radius 3 is 2.80 bits per heavy atom. The average Bonchev–Trinajstić information content (AvgIpc) is 3.01. The van der Waals surface area contributed by atoms with Crippen LogP contribution in [-0.2, 0) is 0 Å². The van der Waals surface area contributed by atoms with E-state index in [2.05, 4.69) is 4.98 Å². The van der Waals surface area contributed by atoms with Crippen LogP contribution < -0.4 is 16.2 Å². The number of primary amides is 1. The van der Waals surface area contributed by atoms with E-state index in [-0.39, 0.29) is 11.4 Å². The number of nitrogens with one attached hydrogen (secondary N) is 1. The van der Waals surface area contributed by atoms with Crippen molar-refractivity contribution in [1.29, 1.82) is 0 Å². The van der Waals surface area contributed by atoms with Crippen molar-refractivity contribution in [3.63, 3.8) is 0 Å². The van der Waals surface area contributed by atoms with Crippen LogP contribution >= 0.6 is 0 Å². The van der Waals surface area contributed by atoms with Crippen LogP contribution in [0.15, 0.2) is 34.7 Å². The Morgan fingerprint density at radius 1 is 1.35 bits per heavy atom. The molecule has 6 heteroatoms. The normalized spacial score (nSPS) is 10.8. The van der Waals surface area contributed by atoms with E-state index in [1.807, 2.05) is 24.3 Å². The summed E-state index contributed by atoms with van der Waals surface area (Å²) >= 11 is 0. The van der Waals surface area contributed by atoms with Crippen molar-refractivity contribution < 1.29 is 13.9 Å². The van der Waals surface area contributed by atoms with E-state index in [0.29, 0.717) is 22.8 Å². The molecule has 0 atom stereocenters. The SMILES string of the molecule is COc1cccc2cc(-c3cc(C(N)=O)c(N)[nH]3)oc12. The van der Waals surface area contributed by atoms with Crippen LogP contribution in [0.25, 0.3) is 22.4 Å². The van der Waals surface area contributed by atoms with Gasteiger partial charge in [-0.25, -0.2) is 0 Å². The van der Waals surface area contributed by atoms with Gasteiger partial charge in [0.15, 0.2) is 17.1 Å². The maximum atomic E-state index is 11.2. The molecule has 0 saturated heterocycles. The highest BCUT2D eigenvalue weighted by molar-refractivity contribution is 5.99. The third-order valence-corrected chi connectivity index (χ3v) is 3.11. The third-order valence-electron chi connectivity index (χ3n) is 3.11. The lowest BCUT2D eigenvalue weighted by atomic mass is 10.2. The number of nitrogen functional groups attached to an aromatic ring is 1. The second-order valence-corrected chi connectivity index (χ2v) is 4.36. The predicted octanol–water partition coefficient (Wildman–Crippen LogP) is 2.12. The van der Waals surface area contributed by atoms with Gasteiger partial charge in [0.05, 0.1) is 18.4 Å². The Morgan fingerprint density at radius 2 is 2.15 bits per heavy atom. The molecule has 2 aromatic heterocycles. The Bertz CT molecular complexity index is 801. The second kappa shape index (κ2) is 4.34. The fraction of sp³-hybridized carbons (Fsp3) is 0.0714. The molecule has 102 valence electrons. The zero-order valence-corrected chi connectivity index (χ0v) is 10.8. The summed E-state index contributed by atoms with van der Waals surface area (Å²) in [7, 11) is 1.58. The molecule has 0 unspecified atom stereocenters. The number of methoxy groups -OCH3 is 1. The fourth-order valence-electron chi connectivity index (χ4n) is 2.14. The molecule has 0 aliphatic heterocycles. The number of hydrogen-bond donors (Lipinski definition) is 3. The van der Waals surface area contributed by atoms with Crippen molar-refractivity contribution in [2.75, 3.05) is 12.8 Å². The van der Waals surface area contributed by atoms with E-state index >= 15 is 0 Å². The Hall–Kier alpha value is -2.89. The Kier molecular flexibility index (Phi) is 2.64. The first kappa shape index (κ1) is 12.2. The number of rotatable bonds is 3. The molecule has 3 rings (SSSR count). The minimum absolute atomic E-state index is 0.222. The molecule has 0 saturated carbocycles. The van der Waals surface area contributed by atoms with Crippen molar-refractivity contribution in [3.05, 3.63) is 35.9 Å². The lowest BCUT2D eigenvalue weighted by Gasteiger charge is -1.98. The highest BCUT2D eigenvalue weighted by atomic mass is 16.5. The van der Waals surface area contributed by atoms with Gasteiger partial charge in [-0.05, 0) is 18.2 Å². The molecule has 0 bridgehead atoms. The number of aromatic amines is 1. The van der Waals surface area contributed by atoms with Crippen LogP contribution in [0.2, 0.25) is 0 Å². The van der Waals surface area contributed by atoms with Crippen LogP contribution in [0.5, 0.6) is 5.75 Å². The molecule has 0 radical (unpaired) electrons. The van der Waals surface area contributed by atoms with Crippen molar-refractivity contribution in [1.82, 2.24) is 4.98 Å². The Balaban J connectivity index is 2.15. The first-order valence-corrected chi connectivity index (χ1v) is 5.95. The summed E-state index contributed by atoms with van der Waals surface area (Å²) in [5.74, 6) is 0.839. The van der Waals surface area contributed by atoms with Gasteiger partial charge in [0.1, 0.15) is 5.82 Å². The standard InChI is InChI=1S/C14H13N3O3/c1-19-10-4-2-3-7-5-11(20-12(7)10)9-6-8(14(16)18)13(15)17-9/h2-6,17H,15H2,1H3,(H2,16,18). The number of nitrogens with two attached hydrogens (primary N) is 2. The van der Waals surface area contributed by atoms with Gasteiger partial charge >= 0.3 is 0 Å². The van der Waals surface area contributed by atoms with Gasteiger partial charge in [-0.2, -0.15) is 0 Å². The number of anilines is 1. The number of amides is 1. The number of furan rings is 1. The van der Waals surface area contributed by atoms with Gasteiger partial charge in [0, 0.05) is 5.39 Å². The molecule has 1 amide bonds. The number of carbonyl (C=O) groups excluding carboxylic acids is 1. The highest BCUT2D eigenvalue weighted by Gasteiger charge is 2.15. The molecule has 5 N–H and O–H groups in total. The van der Waals surface area contributed by atoms with Crippen molar-refractivity contribution in [2.24, 2.45) is 5.73 Å². The molecule has 0 spiro atoms. The quantitative estimate of drug-likeness (QED) is 0.678. The number of carbonyl (C=O) groups is 1. The largest absolute Gasteiger partial charge is 0.493 e. The topological polar surface area (TPSA) is 107 Å². The maximum Gasteiger partial charge on any atom is 0.252 e.